The van der Waals surface area contributed by atoms with Crippen molar-refractivity contribution in [3.8, 4) is 0 Å². The van der Waals surface area contributed by atoms with Gasteiger partial charge in [0.25, 0.3) is 5.91 Å². The van der Waals surface area contributed by atoms with Gasteiger partial charge >= 0.3 is 0 Å². The van der Waals surface area contributed by atoms with Gasteiger partial charge in [0.1, 0.15) is 5.82 Å². The van der Waals surface area contributed by atoms with Gasteiger partial charge in [0.15, 0.2) is 0 Å². The zero-order valence-corrected chi connectivity index (χ0v) is 11.3. The van der Waals surface area contributed by atoms with Gasteiger partial charge in [-0.25, -0.2) is 4.98 Å². The first-order valence-corrected chi connectivity index (χ1v) is 6.48. The molecule has 1 unspecified atom stereocenters. The smallest absolute Gasteiger partial charge is 0.293 e. The van der Waals surface area contributed by atoms with E-state index in [4.69, 9.17) is 0 Å². The fraction of sp³-hybridized carbons (Fsp3) is 0.750. The quantitative estimate of drug-likeness (QED) is 0.851. The van der Waals surface area contributed by atoms with Crippen LogP contribution in [0.5, 0.6) is 0 Å². The third-order valence-electron chi connectivity index (χ3n) is 3.53. The van der Waals surface area contributed by atoms with Crippen LogP contribution in [0.2, 0.25) is 0 Å². The molecule has 1 aromatic heterocycles. The number of carbonyl (C=O) groups excluding carboxylic acids is 1. The number of carbonyl (C=O) groups is 1. The van der Waals surface area contributed by atoms with E-state index in [-0.39, 0.29) is 17.8 Å². The van der Waals surface area contributed by atoms with Crippen LogP contribution in [0, 0.1) is 0 Å². The summed E-state index contributed by atoms with van der Waals surface area (Å²) in [5, 5.41) is 6.76. The lowest BCUT2D eigenvalue weighted by Crippen LogP contribution is -2.47. The van der Waals surface area contributed by atoms with E-state index in [2.05, 4.69) is 27.1 Å². The monoisotopic (exact) mass is 251 g/mol. The Balaban J connectivity index is 2.03. The summed E-state index contributed by atoms with van der Waals surface area (Å²) < 4.78 is 0. The van der Waals surface area contributed by atoms with Gasteiger partial charge in [0.2, 0.25) is 5.82 Å². The highest BCUT2D eigenvalue weighted by atomic mass is 16.2. The number of aromatic nitrogens is 3. The topological polar surface area (TPSA) is 65.1 Å². The maximum atomic E-state index is 12.2. The summed E-state index contributed by atoms with van der Waals surface area (Å²) in [6, 6.07) is 0.264. The number of nitrogens with one attached hydrogen (secondary N) is 1. The molecule has 1 atom stereocenters. The van der Waals surface area contributed by atoms with E-state index >= 15 is 0 Å². The lowest BCUT2D eigenvalue weighted by atomic mass is 10.1. The van der Waals surface area contributed by atoms with Crippen molar-refractivity contribution in [2.75, 3.05) is 27.2 Å². The van der Waals surface area contributed by atoms with Crippen molar-refractivity contribution < 1.29 is 4.79 Å². The molecule has 6 nitrogen and oxygen atoms in total. The summed E-state index contributed by atoms with van der Waals surface area (Å²) in [5.41, 5.74) is 0. The maximum absolute atomic E-state index is 12.2. The van der Waals surface area contributed by atoms with Crippen LogP contribution in [0.15, 0.2) is 0 Å². The van der Waals surface area contributed by atoms with E-state index in [1.165, 1.54) is 0 Å². The number of piperidine rings is 1. The lowest BCUT2D eigenvalue weighted by molar-refractivity contribution is 0.0632. The van der Waals surface area contributed by atoms with Gasteiger partial charge in [-0.15, -0.1) is 5.10 Å². The zero-order chi connectivity index (χ0) is 13.1. The maximum Gasteiger partial charge on any atom is 0.293 e. The highest BCUT2D eigenvalue weighted by molar-refractivity contribution is 5.90. The van der Waals surface area contributed by atoms with Gasteiger partial charge in [-0.3, -0.25) is 9.89 Å². The van der Waals surface area contributed by atoms with E-state index in [1.54, 1.807) is 4.90 Å². The van der Waals surface area contributed by atoms with Gasteiger partial charge in [0, 0.05) is 26.1 Å². The molecule has 1 aliphatic heterocycles. The van der Waals surface area contributed by atoms with E-state index < -0.39 is 0 Å². The molecule has 0 spiro atoms. The molecule has 1 saturated heterocycles. The van der Waals surface area contributed by atoms with Crippen molar-refractivity contribution in [3.63, 3.8) is 0 Å². The molecule has 0 aliphatic carbocycles. The van der Waals surface area contributed by atoms with Crippen molar-refractivity contribution in [1.82, 2.24) is 25.0 Å². The molecule has 0 saturated carbocycles. The van der Waals surface area contributed by atoms with E-state index in [0.29, 0.717) is 0 Å². The number of hydrogen-bond acceptors (Lipinski definition) is 4. The molecular formula is C12H21N5O. The number of amides is 1. The molecule has 100 valence electrons. The number of H-pyrrole nitrogens is 1. The molecule has 1 amide bonds. The molecule has 0 bridgehead atoms. The molecule has 1 aliphatic rings. The van der Waals surface area contributed by atoms with Crippen LogP contribution in [-0.4, -0.2) is 64.1 Å². The fourth-order valence-corrected chi connectivity index (χ4v) is 2.33. The first-order chi connectivity index (χ1) is 8.61. The van der Waals surface area contributed by atoms with Gasteiger partial charge in [-0.05, 0) is 26.4 Å². The van der Waals surface area contributed by atoms with E-state index in [9.17, 15) is 4.79 Å². The number of nitrogens with zero attached hydrogens (tertiary/aromatic N) is 4. The zero-order valence-electron chi connectivity index (χ0n) is 11.3. The Morgan fingerprint density at radius 3 is 3.00 bits per heavy atom. The second-order valence-electron chi connectivity index (χ2n) is 4.93. The Bertz CT molecular complexity index is 416. The average molecular weight is 251 g/mol. The number of hydrogen-bond donors (Lipinski definition) is 1. The number of likely N-dealkylation sites (tertiary alicyclic amines) is 1. The van der Waals surface area contributed by atoms with Gasteiger partial charge in [-0.1, -0.05) is 6.92 Å². The highest BCUT2D eigenvalue weighted by Gasteiger charge is 2.27. The van der Waals surface area contributed by atoms with Crippen molar-refractivity contribution >= 4 is 5.91 Å². The Hall–Kier alpha value is -1.43. The number of aromatic amines is 1. The third-order valence-corrected chi connectivity index (χ3v) is 3.53. The minimum Gasteiger partial charge on any atom is -0.335 e. The normalized spacial score (nSPS) is 20.9. The summed E-state index contributed by atoms with van der Waals surface area (Å²) in [6.45, 7) is 4.01. The lowest BCUT2D eigenvalue weighted by Gasteiger charge is -2.35. The van der Waals surface area contributed by atoms with E-state index in [0.717, 1.165) is 38.2 Å². The van der Waals surface area contributed by atoms with Crippen LogP contribution in [-0.2, 0) is 6.42 Å². The molecule has 0 radical (unpaired) electrons. The van der Waals surface area contributed by atoms with Crippen molar-refractivity contribution in [2.45, 2.75) is 32.2 Å². The predicted octanol–water partition coefficient (Wildman–Crippen LogP) is 0.533. The van der Waals surface area contributed by atoms with Crippen LogP contribution in [0.4, 0.5) is 0 Å². The Morgan fingerprint density at radius 1 is 1.61 bits per heavy atom. The number of likely N-dealkylation sites (N-methyl/N-ethyl adjacent to an activating group) is 2. The minimum absolute atomic E-state index is 0.0914. The minimum atomic E-state index is -0.0914. The third kappa shape index (κ3) is 2.69. The summed E-state index contributed by atoms with van der Waals surface area (Å²) >= 11 is 0. The summed E-state index contributed by atoms with van der Waals surface area (Å²) in [4.78, 5) is 20.5. The van der Waals surface area contributed by atoms with Crippen LogP contribution >= 0.6 is 0 Å². The first kappa shape index (κ1) is 13.0. The van der Waals surface area contributed by atoms with Gasteiger partial charge < -0.3 is 9.80 Å². The molecule has 2 heterocycles. The van der Waals surface area contributed by atoms with Crippen molar-refractivity contribution in [1.29, 1.82) is 0 Å². The number of aryl methyl sites for hydroxylation is 1. The Labute approximate surface area is 107 Å². The van der Waals surface area contributed by atoms with Gasteiger partial charge in [-0.2, -0.15) is 0 Å². The average Bonchev–Trinajstić information content (AvgIpc) is 2.85. The molecule has 1 N–H and O–H groups in total. The SMILES string of the molecule is CCc1nc(C(=O)N(C)C2CCCN(C)C2)n[nH]1. The molecule has 6 heteroatoms. The Kier molecular flexibility index (Phi) is 3.96. The van der Waals surface area contributed by atoms with E-state index in [1.807, 2.05) is 14.0 Å². The van der Waals surface area contributed by atoms with Crippen LogP contribution in [0.25, 0.3) is 0 Å². The fourth-order valence-electron chi connectivity index (χ4n) is 2.33. The van der Waals surface area contributed by atoms with Crippen molar-refractivity contribution in [3.05, 3.63) is 11.6 Å². The standard InChI is InChI=1S/C12H21N5O/c1-4-10-13-11(15-14-10)12(18)17(3)9-6-5-7-16(2)8-9/h9H,4-8H2,1-3H3,(H,13,14,15). The van der Waals surface area contributed by atoms with Crippen molar-refractivity contribution in [2.24, 2.45) is 0 Å². The largest absolute Gasteiger partial charge is 0.335 e. The summed E-state index contributed by atoms with van der Waals surface area (Å²) in [6.07, 6.45) is 2.95. The summed E-state index contributed by atoms with van der Waals surface area (Å²) in [7, 11) is 3.93. The molecule has 1 fully saturated rings. The van der Waals surface area contributed by atoms with Gasteiger partial charge in [0.05, 0.1) is 0 Å². The first-order valence-electron chi connectivity index (χ1n) is 6.48. The molecular weight excluding hydrogens is 230 g/mol. The molecule has 2 rings (SSSR count). The van der Waals surface area contributed by atoms with Crippen LogP contribution in [0.3, 0.4) is 0 Å². The Morgan fingerprint density at radius 2 is 2.39 bits per heavy atom. The number of rotatable bonds is 3. The molecule has 0 aromatic carbocycles. The summed E-state index contributed by atoms with van der Waals surface area (Å²) in [5.74, 6) is 0.946. The van der Waals surface area contributed by atoms with Crippen LogP contribution < -0.4 is 0 Å². The molecule has 1 aromatic rings. The highest BCUT2D eigenvalue weighted by Crippen LogP contribution is 2.14. The molecule has 18 heavy (non-hydrogen) atoms. The van der Waals surface area contributed by atoms with Crippen LogP contribution in [0.1, 0.15) is 36.2 Å². The second-order valence-corrected chi connectivity index (χ2v) is 4.93. The second kappa shape index (κ2) is 5.48. The predicted molar refractivity (Wildman–Crippen MR) is 68.4 cm³/mol.